The fourth-order valence-electron chi connectivity index (χ4n) is 2.11. The topological polar surface area (TPSA) is 137 Å². The summed E-state index contributed by atoms with van der Waals surface area (Å²) in [4.78, 5) is 39.5. The molecule has 2 aromatic heterocycles. The Morgan fingerprint density at radius 3 is 2.61 bits per heavy atom. The summed E-state index contributed by atoms with van der Waals surface area (Å²) in [6.45, 7) is 5.04. The number of urea groups is 1. The molecule has 0 saturated carbocycles. The fraction of sp³-hybridized carbons (Fsp3) is 0.286. The average molecular weight is 336 g/mol. The molecule has 122 valence electrons. The SMILES string of the molecule is Cc1cc(C)c2c(N)c(C(=O)O[C@@H](C)C(=O)NC(N)=O)sc2n1. The number of nitrogens with two attached hydrogens (primary N) is 2. The quantitative estimate of drug-likeness (QED) is 0.721. The lowest BCUT2D eigenvalue weighted by atomic mass is 10.1. The zero-order chi connectivity index (χ0) is 17.3. The van der Waals surface area contributed by atoms with E-state index in [9.17, 15) is 14.4 Å². The molecule has 0 aliphatic rings. The third kappa shape index (κ3) is 3.39. The summed E-state index contributed by atoms with van der Waals surface area (Å²) < 4.78 is 5.02. The number of ether oxygens (including phenoxy) is 1. The van der Waals surface area contributed by atoms with Crippen molar-refractivity contribution in [1.82, 2.24) is 10.3 Å². The lowest BCUT2D eigenvalue weighted by Crippen LogP contribution is -2.42. The molecule has 0 radical (unpaired) electrons. The molecule has 2 heterocycles. The molecule has 0 spiro atoms. The summed E-state index contributed by atoms with van der Waals surface area (Å²) in [6.07, 6.45) is -1.18. The third-order valence-electron chi connectivity index (χ3n) is 3.11. The monoisotopic (exact) mass is 336 g/mol. The van der Waals surface area contributed by atoms with Crippen LogP contribution < -0.4 is 16.8 Å². The van der Waals surface area contributed by atoms with E-state index in [1.165, 1.54) is 6.92 Å². The van der Waals surface area contributed by atoms with Gasteiger partial charge in [-0.15, -0.1) is 11.3 Å². The van der Waals surface area contributed by atoms with E-state index in [1.54, 1.807) is 0 Å². The smallest absolute Gasteiger partial charge is 0.351 e. The predicted octanol–water partition coefficient (Wildman–Crippen LogP) is 1.24. The predicted molar refractivity (Wildman–Crippen MR) is 86.1 cm³/mol. The zero-order valence-corrected chi connectivity index (χ0v) is 13.6. The molecule has 0 aliphatic heterocycles. The summed E-state index contributed by atoms with van der Waals surface area (Å²) in [5.74, 6) is -1.56. The normalized spacial score (nSPS) is 12.0. The van der Waals surface area contributed by atoms with Gasteiger partial charge in [0.1, 0.15) is 9.71 Å². The van der Waals surface area contributed by atoms with E-state index in [1.807, 2.05) is 25.2 Å². The van der Waals surface area contributed by atoms with Crippen molar-refractivity contribution in [1.29, 1.82) is 0 Å². The number of nitrogen functional groups attached to an aromatic ring is 1. The number of primary amides is 1. The Morgan fingerprint density at radius 1 is 1.35 bits per heavy atom. The number of carbonyl (C=O) groups is 3. The van der Waals surface area contributed by atoms with Gasteiger partial charge in [0.25, 0.3) is 5.91 Å². The molecule has 8 nitrogen and oxygen atoms in total. The highest BCUT2D eigenvalue weighted by atomic mass is 32.1. The van der Waals surface area contributed by atoms with Crippen LogP contribution in [0, 0.1) is 13.8 Å². The number of aromatic nitrogens is 1. The van der Waals surface area contributed by atoms with Gasteiger partial charge in [-0.1, -0.05) is 0 Å². The van der Waals surface area contributed by atoms with Gasteiger partial charge in [0.15, 0.2) is 6.10 Å². The molecule has 0 bridgehead atoms. The Kier molecular flexibility index (Phi) is 4.50. The number of nitrogens with one attached hydrogen (secondary N) is 1. The van der Waals surface area contributed by atoms with E-state index < -0.39 is 24.0 Å². The number of hydrogen-bond donors (Lipinski definition) is 3. The number of anilines is 1. The van der Waals surface area contributed by atoms with Gasteiger partial charge in [-0.25, -0.2) is 14.6 Å². The van der Waals surface area contributed by atoms with E-state index in [0.29, 0.717) is 10.2 Å². The van der Waals surface area contributed by atoms with Crippen LogP contribution in [0.3, 0.4) is 0 Å². The van der Waals surface area contributed by atoms with Gasteiger partial charge in [-0.05, 0) is 32.4 Å². The van der Waals surface area contributed by atoms with Crippen LogP contribution in [-0.2, 0) is 9.53 Å². The summed E-state index contributed by atoms with van der Waals surface area (Å²) in [7, 11) is 0. The van der Waals surface area contributed by atoms with Crippen LogP contribution in [0.5, 0.6) is 0 Å². The number of amides is 3. The molecule has 0 aliphatic carbocycles. The third-order valence-corrected chi connectivity index (χ3v) is 4.19. The molecular formula is C14H16N4O4S. The highest BCUT2D eigenvalue weighted by Crippen LogP contribution is 2.35. The minimum atomic E-state index is -1.18. The second-order valence-corrected chi connectivity index (χ2v) is 6.01. The van der Waals surface area contributed by atoms with E-state index in [-0.39, 0.29) is 10.6 Å². The molecule has 5 N–H and O–H groups in total. The first kappa shape index (κ1) is 16.7. The molecule has 0 unspecified atom stereocenters. The number of imide groups is 1. The Labute approximate surface area is 135 Å². The Morgan fingerprint density at radius 2 is 2.00 bits per heavy atom. The molecule has 23 heavy (non-hydrogen) atoms. The number of hydrogen-bond acceptors (Lipinski definition) is 7. The van der Waals surface area contributed by atoms with Gasteiger partial charge < -0.3 is 16.2 Å². The van der Waals surface area contributed by atoms with Gasteiger partial charge in [0.2, 0.25) is 0 Å². The minimum Gasteiger partial charge on any atom is -0.448 e. The van der Waals surface area contributed by atoms with Crippen LogP contribution in [0.15, 0.2) is 6.07 Å². The molecule has 0 saturated heterocycles. The van der Waals surface area contributed by atoms with Crippen molar-refractivity contribution in [3.63, 3.8) is 0 Å². The molecule has 2 aromatic rings. The van der Waals surface area contributed by atoms with Crippen LogP contribution in [-0.4, -0.2) is 29.0 Å². The first-order valence-corrected chi connectivity index (χ1v) is 7.49. The van der Waals surface area contributed by atoms with Crippen molar-refractivity contribution in [2.75, 3.05) is 5.73 Å². The Hall–Kier alpha value is -2.68. The van der Waals surface area contributed by atoms with E-state index in [0.717, 1.165) is 22.6 Å². The van der Waals surface area contributed by atoms with E-state index in [4.69, 9.17) is 16.2 Å². The average Bonchev–Trinajstić information content (AvgIpc) is 2.74. The number of esters is 1. The van der Waals surface area contributed by atoms with Gasteiger partial charge in [-0.3, -0.25) is 10.1 Å². The molecular weight excluding hydrogens is 320 g/mol. The highest BCUT2D eigenvalue weighted by Gasteiger charge is 2.24. The minimum absolute atomic E-state index is 0.167. The van der Waals surface area contributed by atoms with Crippen LogP contribution in [0.25, 0.3) is 10.2 Å². The maximum atomic E-state index is 12.2. The lowest BCUT2D eigenvalue weighted by molar-refractivity contribution is -0.127. The van der Waals surface area contributed by atoms with Crippen molar-refractivity contribution < 1.29 is 19.1 Å². The Balaban J connectivity index is 2.28. The molecule has 9 heteroatoms. The fourth-order valence-corrected chi connectivity index (χ4v) is 3.21. The molecule has 0 aromatic carbocycles. The van der Waals surface area contributed by atoms with Gasteiger partial charge >= 0.3 is 12.0 Å². The van der Waals surface area contributed by atoms with Crippen molar-refractivity contribution in [3.8, 4) is 0 Å². The second-order valence-electron chi connectivity index (χ2n) is 5.01. The lowest BCUT2D eigenvalue weighted by Gasteiger charge is -2.11. The highest BCUT2D eigenvalue weighted by molar-refractivity contribution is 7.21. The first-order chi connectivity index (χ1) is 10.7. The van der Waals surface area contributed by atoms with E-state index in [2.05, 4.69) is 4.98 Å². The summed E-state index contributed by atoms with van der Waals surface area (Å²) in [5.41, 5.74) is 12.8. The van der Waals surface area contributed by atoms with Crippen molar-refractivity contribution >= 4 is 45.1 Å². The van der Waals surface area contributed by atoms with Crippen LogP contribution >= 0.6 is 11.3 Å². The van der Waals surface area contributed by atoms with Crippen LogP contribution in [0.2, 0.25) is 0 Å². The van der Waals surface area contributed by atoms with Crippen LogP contribution in [0.1, 0.15) is 27.9 Å². The second kappa shape index (κ2) is 6.21. The Bertz CT molecular complexity index is 815. The number of aryl methyl sites for hydroxylation is 2. The molecule has 2 rings (SSSR count). The maximum Gasteiger partial charge on any atom is 0.351 e. The van der Waals surface area contributed by atoms with Gasteiger partial charge in [0, 0.05) is 11.1 Å². The zero-order valence-electron chi connectivity index (χ0n) is 12.8. The molecule has 3 amide bonds. The first-order valence-electron chi connectivity index (χ1n) is 6.68. The number of rotatable bonds is 3. The standard InChI is InChI=1S/C14H16N4O4S/c1-5-4-6(2)17-12-8(5)9(15)10(23-12)13(20)22-7(3)11(19)18-14(16)21/h4,7H,15H2,1-3H3,(H3,16,18,19,21)/t7-/m0/s1. The van der Waals surface area contributed by atoms with E-state index >= 15 is 0 Å². The van der Waals surface area contributed by atoms with Crippen LogP contribution in [0.4, 0.5) is 10.5 Å². The summed E-state index contributed by atoms with van der Waals surface area (Å²) in [6, 6.07) is 0.846. The maximum absolute atomic E-state index is 12.2. The van der Waals surface area contributed by atoms with Crippen molar-refractivity contribution in [2.45, 2.75) is 26.9 Å². The number of nitrogens with zero attached hydrogens (tertiary/aromatic N) is 1. The largest absolute Gasteiger partial charge is 0.448 e. The molecule has 0 fully saturated rings. The molecule has 1 atom stereocenters. The summed E-state index contributed by atoms with van der Waals surface area (Å²) >= 11 is 1.09. The van der Waals surface area contributed by atoms with Crippen molar-refractivity contribution in [2.24, 2.45) is 5.73 Å². The number of fused-ring (bicyclic) bond motifs is 1. The number of carbonyl (C=O) groups excluding carboxylic acids is 3. The van der Waals surface area contributed by atoms with Gasteiger partial charge in [0.05, 0.1) is 5.69 Å². The summed E-state index contributed by atoms with van der Waals surface area (Å²) in [5, 5.41) is 2.54. The number of thiophene rings is 1. The van der Waals surface area contributed by atoms with Gasteiger partial charge in [-0.2, -0.15) is 0 Å². The number of pyridine rings is 1. The van der Waals surface area contributed by atoms with Crippen molar-refractivity contribution in [3.05, 3.63) is 22.2 Å².